The van der Waals surface area contributed by atoms with E-state index in [-0.39, 0.29) is 23.0 Å². The van der Waals surface area contributed by atoms with Crippen molar-refractivity contribution in [3.63, 3.8) is 0 Å². The molecule has 0 aromatic carbocycles. The van der Waals surface area contributed by atoms with Gasteiger partial charge < -0.3 is 11.5 Å². The number of aromatic nitrogens is 4. The molecular formula is C9H8N6O. The summed E-state index contributed by atoms with van der Waals surface area (Å²) in [5, 5.41) is 0. The number of carbonyl (C=O) groups is 1. The Kier molecular flexibility index (Phi) is 2.42. The fourth-order valence-electron chi connectivity index (χ4n) is 1.16. The van der Waals surface area contributed by atoms with Gasteiger partial charge in [-0.25, -0.2) is 19.9 Å². The van der Waals surface area contributed by atoms with E-state index in [0.717, 1.165) is 0 Å². The first kappa shape index (κ1) is 9.97. The van der Waals surface area contributed by atoms with E-state index in [1.165, 1.54) is 24.8 Å². The molecule has 0 radical (unpaired) electrons. The molecule has 0 aliphatic carbocycles. The molecule has 16 heavy (non-hydrogen) atoms. The Morgan fingerprint density at radius 3 is 1.56 bits per heavy atom. The average Bonchev–Trinajstić information content (AvgIpc) is 2.29. The summed E-state index contributed by atoms with van der Waals surface area (Å²) in [5.41, 5.74) is 11.1. The van der Waals surface area contributed by atoms with E-state index < -0.39 is 5.78 Å². The number of nitrogen functional groups attached to an aromatic ring is 2. The van der Waals surface area contributed by atoms with Crippen LogP contribution in [-0.2, 0) is 0 Å². The van der Waals surface area contributed by atoms with Gasteiger partial charge in [0.25, 0.3) is 0 Å². The minimum atomic E-state index is -0.490. The maximum Gasteiger partial charge on any atom is 0.237 e. The van der Waals surface area contributed by atoms with Crippen molar-refractivity contribution in [1.29, 1.82) is 0 Å². The molecule has 0 aliphatic rings. The first-order valence-corrected chi connectivity index (χ1v) is 4.38. The lowest BCUT2D eigenvalue weighted by Gasteiger charge is -2.03. The van der Waals surface area contributed by atoms with Gasteiger partial charge in [-0.2, -0.15) is 0 Å². The van der Waals surface area contributed by atoms with Gasteiger partial charge in [0.15, 0.2) is 23.0 Å². The van der Waals surface area contributed by atoms with Crippen LogP contribution in [0.2, 0.25) is 0 Å². The van der Waals surface area contributed by atoms with Crippen LogP contribution in [0, 0.1) is 0 Å². The van der Waals surface area contributed by atoms with E-state index >= 15 is 0 Å². The van der Waals surface area contributed by atoms with Crippen LogP contribution in [0.25, 0.3) is 0 Å². The zero-order valence-corrected chi connectivity index (χ0v) is 8.16. The maximum atomic E-state index is 11.9. The molecule has 4 N–H and O–H groups in total. The third-order valence-electron chi connectivity index (χ3n) is 1.88. The van der Waals surface area contributed by atoms with Crippen LogP contribution in [0.3, 0.4) is 0 Å². The lowest BCUT2D eigenvalue weighted by Crippen LogP contribution is -2.13. The second-order valence-corrected chi connectivity index (χ2v) is 2.91. The highest BCUT2D eigenvalue weighted by Gasteiger charge is 2.18. The Morgan fingerprint density at radius 1 is 0.812 bits per heavy atom. The minimum absolute atomic E-state index is 0.0229. The quantitative estimate of drug-likeness (QED) is 0.658. The summed E-state index contributed by atoms with van der Waals surface area (Å²) in [6.45, 7) is 0. The summed E-state index contributed by atoms with van der Waals surface area (Å²) in [5.74, 6) is -0.411. The molecule has 0 saturated carbocycles. The van der Waals surface area contributed by atoms with Crippen molar-refractivity contribution in [3.8, 4) is 0 Å². The molecule has 0 spiro atoms. The van der Waals surface area contributed by atoms with E-state index in [2.05, 4.69) is 19.9 Å². The minimum Gasteiger partial charge on any atom is -0.382 e. The molecule has 0 saturated heterocycles. The SMILES string of the molecule is Nc1nccnc1C(=O)c1nccnc1N. The van der Waals surface area contributed by atoms with Crippen LogP contribution in [0.1, 0.15) is 16.2 Å². The summed E-state index contributed by atoms with van der Waals surface area (Å²) in [6.07, 6.45) is 5.53. The van der Waals surface area contributed by atoms with E-state index in [1.54, 1.807) is 0 Å². The van der Waals surface area contributed by atoms with Crippen molar-refractivity contribution < 1.29 is 4.79 Å². The molecule has 80 valence electrons. The van der Waals surface area contributed by atoms with Crippen LogP contribution in [0.4, 0.5) is 11.6 Å². The second kappa shape index (κ2) is 3.89. The van der Waals surface area contributed by atoms with Gasteiger partial charge in [-0.05, 0) is 0 Å². The first-order chi connectivity index (χ1) is 7.70. The number of hydrogen-bond donors (Lipinski definition) is 2. The van der Waals surface area contributed by atoms with Gasteiger partial charge >= 0.3 is 0 Å². The molecule has 2 rings (SSSR count). The normalized spacial score (nSPS) is 10.0. The van der Waals surface area contributed by atoms with Gasteiger partial charge in [-0.1, -0.05) is 0 Å². The summed E-state index contributed by atoms with van der Waals surface area (Å²) in [6, 6.07) is 0. The van der Waals surface area contributed by atoms with E-state index in [4.69, 9.17) is 11.5 Å². The van der Waals surface area contributed by atoms with Crippen LogP contribution in [-0.4, -0.2) is 25.7 Å². The smallest absolute Gasteiger partial charge is 0.237 e. The van der Waals surface area contributed by atoms with Crippen molar-refractivity contribution in [2.45, 2.75) is 0 Å². The van der Waals surface area contributed by atoms with Crippen LogP contribution in [0.15, 0.2) is 24.8 Å². The predicted octanol–water partition coefficient (Wildman–Crippen LogP) is -0.338. The predicted molar refractivity (Wildman–Crippen MR) is 56.3 cm³/mol. The monoisotopic (exact) mass is 216 g/mol. The number of nitrogens with two attached hydrogens (primary N) is 2. The van der Waals surface area contributed by atoms with Gasteiger partial charge in [0.1, 0.15) is 0 Å². The molecule has 0 aliphatic heterocycles. The number of anilines is 2. The lowest BCUT2D eigenvalue weighted by atomic mass is 10.2. The zero-order chi connectivity index (χ0) is 11.5. The topological polar surface area (TPSA) is 121 Å². The highest BCUT2D eigenvalue weighted by molar-refractivity contribution is 6.11. The van der Waals surface area contributed by atoms with Crippen molar-refractivity contribution >= 4 is 17.4 Å². The largest absolute Gasteiger partial charge is 0.382 e. The second-order valence-electron chi connectivity index (χ2n) is 2.91. The molecule has 2 aromatic rings. The fraction of sp³-hybridized carbons (Fsp3) is 0. The molecule has 7 heteroatoms. The molecule has 0 atom stereocenters. The third kappa shape index (κ3) is 1.65. The summed E-state index contributed by atoms with van der Waals surface area (Å²) < 4.78 is 0. The Morgan fingerprint density at radius 2 is 1.19 bits per heavy atom. The highest BCUT2D eigenvalue weighted by atomic mass is 16.1. The van der Waals surface area contributed by atoms with Gasteiger partial charge in [0.2, 0.25) is 5.78 Å². The van der Waals surface area contributed by atoms with Crippen LogP contribution < -0.4 is 11.5 Å². The lowest BCUT2D eigenvalue weighted by molar-refractivity contribution is 0.103. The first-order valence-electron chi connectivity index (χ1n) is 4.38. The maximum absolute atomic E-state index is 11.9. The number of rotatable bonds is 2. The molecule has 2 heterocycles. The van der Waals surface area contributed by atoms with Gasteiger partial charge in [-0.15, -0.1) is 0 Å². The number of hydrogen-bond acceptors (Lipinski definition) is 7. The molecule has 7 nitrogen and oxygen atoms in total. The van der Waals surface area contributed by atoms with Crippen LogP contribution in [0.5, 0.6) is 0 Å². The average molecular weight is 216 g/mol. The van der Waals surface area contributed by atoms with Crippen molar-refractivity contribution in [3.05, 3.63) is 36.2 Å². The van der Waals surface area contributed by atoms with Gasteiger partial charge in [-0.3, -0.25) is 4.79 Å². The van der Waals surface area contributed by atoms with E-state index in [9.17, 15) is 4.79 Å². The van der Waals surface area contributed by atoms with E-state index in [0.29, 0.717) is 0 Å². The van der Waals surface area contributed by atoms with Gasteiger partial charge in [0.05, 0.1) is 0 Å². The van der Waals surface area contributed by atoms with Crippen molar-refractivity contribution in [2.24, 2.45) is 0 Å². The van der Waals surface area contributed by atoms with Crippen molar-refractivity contribution in [1.82, 2.24) is 19.9 Å². The number of ketones is 1. The number of carbonyl (C=O) groups excluding carboxylic acids is 1. The number of nitrogens with zero attached hydrogens (tertiary/aromatic N) is 4. The molecular weight excluding hydrogens is 208 g/mol. The van der Waals surface area contributed by atoms with E-state index in [1.807, 2.05) is 0 Å². The molecule has 0 bridgehead atoms. The Balaban J connectivity index is 2.48. The Labute approximate surface area is 90.6 Å². The van der Waals surface area contributed by atoms with Crippen molar-refractivity contribution in [2.75, 3.05) is 11.5 Å². The Hall–Kier alpha value is -2.57. The summed E-state index contributed by atoms with van der Waals surface area (Å²) in [4.78, 5) is 27.1. The zero-order valence-electron chi connectivity index (χ0n) is 8.16. The standard InChI is InChI=1S/C9H8N6O/c10-8-5(12-1-3-14-8)7(16)6-9(11)15-4-2-13-6/h1-4H,(H2,10,14)(H2,11,15). The summed E-state index contributed by atoms with van der Waals surface area (Å²) in [7, 11) is 0. The molecule has 0 fully saturated rings. The van der Waals surface area contributed by atoms with Gasteiger partial charge in [0, 0.05) is 24.8 Å². The molecule has 0 amide bonds. The van der Waals surface area contributed by atoms with Crippen LogP contribution >= 0.6 is 0 Å². The fourth-order valence-corrected chi connectivity index (χ4v) is 1.16. The third-order valence-corrected chi connectivity index (χ3v) is 1.88. The summed E-state index contributed by atoms with van der Waals surface area (Å²) >= 11 is 0. The molecule has 0 unspecified atom stereocenters. The molecule has 2 aromatic heterocycles. The highest BCUT2D eigenvalue weighted by Crippen LogP contribution is 2.12. The Bertz CT molecular complexity index is 494.